The van der Waals surface area contributed by atoms with Gasteiger partial charge in [-0.15, -0.1) is 0 Å². The molecule has 1 aliphatic rings. The van der Waals surface area contributed by atoms with E-state index < -0.39 is 0 Å². The van der Waals surface area contributed by atoms with Crippen LogP contribution in [0.5, 0.6) is 5.75 Å². The zero-order valence-corrected chi connectivity index (χ0v) is 7.12. The van der Waals surface area contributed by atoms with E-state index in [0.29, 0.717) is 5.56 Å². The first-order chi connectivity index (χ1) is 6.22. The molecule has 2 rings (SSSR count). The van der Waals surface area contributed by atoms with Gasteiger partial charge in [-0.2, -0.15) is 5.26 Å². The third-order valence-corrected chi connectivity index (χ3v) is 2.49. The Labute approximate surface area is 76.4 Å². The Balaban J connectivity index is 2.65. The molecular weight excluding hydrogens is 164 g/mol. The summed E-state index contributed by atoms with van der Waals surface area (Å²) >= 11 is 0. The van der Waals surface area contributed by atoms with Crippen LogP contribution in [-0.4, -0.2) is 5.11 Å². The van der Waals surface area contributed by atoms with E-state index in [2.05, 4.69) is 6.07 Å². The van der Waals surface area contributed by atoms with E-state index in [1.165, 1.54) is 6.07 Å². The number of nitrogens with zero attached hydrogens (tertiary/aromatic N) is 1. The molecule has 0 radical (unpaired) electrons. The van der Waals surface area contributed by atoms with Crippen molar-refractivity contribution in [3.63, 3.8) is 0 Å². The van der Waals surface area contributed by atoms with Gasteiger partial charge in [-0.25, -0.2) is 0 Å². The molecular formula is C10H10N2O. The van der Waals surface area contributed by atoms with Gasteiger partial charge >= 0.3 is 0 Å². The summed E-state index contributed by atoms with van der Waals surface area (Å²) in [6, 6.07) is 5.21. The average molecular weight is 174 g/mol. The number of rotatable bonds is 0. The third-order valence-electron chi connectivity index (χ3n) is 2.49. The highest BCUT2D eigenvalue weighted by atomic mass is 16.3. The Bertz CT molecular complexity index is 393. The molecule has 1 atom stereocenters. The fourth-order valence-electron chi connectivity index (χ4n) is 1.84. The zero-order valence-electron chi connectivity index (χ0n) is 7.12. The van der Waals surface area contributed by atoms with E-state index in [0.717, 1.165) is 24.0 Å². The molecule has 1 aromatic rings. The van der Waals surface area contributed by atoms with E-state index in [-0.39, 0.29) is 11.8 Å². The third kappa shape index (κ3) is 1.16. The topological polar surface area (TPSA) is 70.0 Å². The second kappa shape index (κ2) is 2.75. The molecule has 0 heterocycles. The minimum Gasteiger partial charge on any atom is -0.508 e. The highest BCUT2D eigenvalue weighted by Crippen LogP contribution is 2.34. The number of aromatic hydroxyl groups is 1. The molecule has 0 aromatic heterocycles. The smallest absolute Gasteiger partial charge is 0.117 e. The number of benzene rings is 1. The molecule has 3 heteroatoms. The normalized spacial score (nSPS) is 19.5. The quantitative estimate of drug-likeness (QED) is 0.621. The van der Waals surface area contributed by atoms with Gasteiger partial charge in [0.25, 0.3) is 0 Å². The molecule has 13 heavy (non-hydrogen) atoms. The number of nitrogens with two attached hydrogens (primary N) is 1. The SMILES string of the molecule is N#Cc1cc(O)cc2c1CCC2N. The molecule has 66 valence electrons. The van der Waals surface area contributed by atoms with Crippen molar-refractivity contribution in [3.8, 4) is 11.8 Å². The largest absolute Gasteiger partial charge is 0.508 e. The van der Waals surface area contributed by atoms with Crippen molar-refractivity contribution in [2.24, 2.45) is 5.73 Å². The maximum Gasteiger partial charge on any atom is 0.117 e. The Morgan fingerprint density at radius 1 is 1.54 bits per heavy atom. The molecule has 3 nitrogen and oxygen atoms in total. The van der Waals surface area contributed by atoms with E-state index in [4.69, 9.17) is 11.0 Å². The Kier molecular flexibility index (Phi) is 1.71. The van der Waals surface area contributed by atoms with Crippen molar-refractivity contribution < 1.29 is 5.11 Å². The van der Waals surface area contributed by atoms with Crippen molar-refractivity contribution in [2.45, 2.75) is 18.9 Å². The van der Waals surface area contributed by atoms with Crippen LogP contribution in [0.15, 0.2) is 12.1 Å². The van der Waals surface area contributed by atoms with Crippen LogP contribution in [0.2, 0.25) is 0 Å². The summed E-state index contributed by atoms with van der Waals surface area (Å²) in [5.41, 5.74) is 8.31. The first-order valence-electron chi connectivity index (χ1n) is 4.24. The van der Waals surface area contributed by atoms with Crippen LogP contribution in [0.1, 0.15) is 29.2 Å². The molecule has 0 fully saturated rings. The predicted molar refractivity (Wildman–Crippen MR) is 48.1 cm³/mol. The summed E-state index contributed by atoms with van der Waals surface area (Å²) in [5.74, 6) is 0.132. The van der Waals surface area contributed by atoms with E-state index in [9.17, 15) is 5.11 Å². The molecule has 0 amide bonds. The first-order valence-corrected chi connectivity index (χ1v) is 4.24. The molecule has 1 aliphatic carbocycles. The highest BCUT2D eigenvalue weighted by molar-refractivity contribution is 5.51. The first kappa shape index (κ1) is 8.09. The van der Waals surface area contributed by atoms with E-state index in [1.54, 1.807) is 6.07 Å². The van der Waals surface area contributed by atoms with Crippen LogP contribution in [-0.2, 0) is 6.42 Å². The monoisotopic (exact) mass is 174 g/mol. The molecule has 0 spiro atoms. The lowest BCUT2D eigenvalue weighted by molar-refractivity contribution is 0.474. The minimum absolute atomic E-state index is 0.0193. The van der Waals surface area contributed by atoms with Gasteiger partial charge in [0.15, 0.2) is 0 Å². The van der Waals surface area contributed by atoms with Crippen molar-refractivity contribution in [3.05, 3.63) is 28.8 Å². The van der Waals surface area contributed by atoms with Gasteiger partial charge in [0.2, 0.25) is 0 Å². The van der Waals surface area contributed by atoms with Crippen molar-refractivity contribution in [1.29, 1.82) is 5.26 Å². The lowest BCUT2D eigenvalue weighted by Crippen LogP contribution is -2.05. The zero-order chi connectivity index (χ0) is 9.42. The van der Waals surface area contributed by atoms with Gasteiger partial charge in [0, 0.05) is 6.04 Å². The van der Waals surface area contributed by atoms with Crippen molar-refractivity contribution in [2.75, 3.05) is 0 Å². The molecule has 1 aromatic carbocycles. The number of hydrogen-bond acceptors (Lipinski definition) is 3. The number of phenols is 1. The number of phenolic OH excluding ortho intramolecular Hbond substituents is 1. The second-order valence-electron chi connectivity index (χ2n) is 3.32. The summed E-state index contributed by atoms with van der Waals surface area (Å²) in [7, 11) is 0. The van der Waals surface area contributed by atoms with Gasteiger partial charge < -0.3 is 10.8 Å². The lowest BCUT2D eigenvalue weighted by atomic mass is 10.0. The van der Waals surface area contributed by atoms with Crippen LogP contribution in [0.3, 0.4) is 0 Å². The van der Waals surface area contributed by atoms with Gasteiger partial charge in [-0.1, -0.05) is 0 Å². The maximum absolute atomic E-state index is 9.32. The van der Waals surface area contributed by atoms with Gasteiger partial charge in [0.05, 0.1) is 11.6 Å². The minimum atomic E-state index is -0.0193. The maximum atomic E-state index is 9.32. The molecule has 0 saturated heterocycles. The van der Waals surface area contributed by atoms with Crippen molar-refractivity contribution in [1.82, 2.24) is 0 Å². The van der Waals surface area contributed by atoms with E-state index >= 15 is 0 Å². The molecule has 0 saturated carbocycles. The average Bonchev–Trinajstić information content (AvgIpc) is 2.47. The summed E-state index contributed by atoms with van der Waals surface area (Å²) < 4.78 is 0. The summed E-state index contributed by atoms with van der Waals surface area (Å²) in [4.78, 5) is 0. The lowest BCUT2D eigenvalue weighted by Gasteiger charge is -2.05. The van der Waals surface area contributed by atoms with Crippen LogP contribution < -0.4 is 5.73 Å². The van der Waals surface area contributed by atoms with Gasteiger partial charge in [0.1, 0.15) is 5.75 Å². The predicted octanol–water partition coefficient (Wildman–Crippen LogP) is 1.21. The molecule has 3 N–H and O–H groups in total. The summed E-state index contributed by atoms with van der Waals surface area (Å²) in [6.45, 7) is 0. The van der Waals surface area contributed by atoms with Crippen LogP contribution in [0.4, 0.5) is 0 Å². The van der Waals surface area contributed by atoms with Gasteiger partial charge in [-0.3, -0.25) is 0 Å². The summed E-state index contributed by atoms with van der Waals surface area (Å²) in [6.07, 6.45) is 1.72. The Morgan fingerprint density at radius 3 is 3.00 bits per heavy atom. The highest BCUT2D eigenvalue weighted by Gasteiger charge is 2.22. The second-order valence-corrected chi connectivity index (χ2v) is 3.32. The number of fused-ring (bicyclic) bond motifs is 1. The van der Waals surface area contributed by atoms with Crippen LogP contribution in [0.25, 0.3) is 0 Å². The number of hydrogen-bond donors (Lipinski definition) is 2. The fraction of sp³-hybridized carbons (Fsp3) is 0.300. The van der Waals surface area contributed by atoms with Gasteiger partial charge in [-0.05, 0) is 36.1 Å². The van der Waals surface area contributed by atoms with Crippen molar-refractivity contribution >= 4 is 0 Å². The Morgan fingerprint density at radius 2 is 2.31 bits per heavy atom. The van der Waals surface area contributed by atoms with E-state index in [1.807, 2.05) is 0 Å². The number of nitriles is 1. The van der Waals surface area contributed by atoms with Crippen LogP contribution >= 0.6 is 0 Å². The molecule has 0 aliphatic heterocycles. The van der Waals surface area contributed by atoms with Crippen LogP contribution in [0, 0.1) is 11.3 Å². The Hall–Kier alpha value is -1.53. The fourth-order valence-corrected chi connectivity index (χ4v) is 1.84. The standard InChI is InChI=1S/C10H10N2O/c11-5-6-3-7(13)4-9-8(6)1-2-10(9)12/h3-4,10,13H,1-2,12H2. The molecule has 0 bridgehead atoms. The summed E-state index contributed by atoms with van der Waals surface area (Å²) in [5, 5.41) is 18.1. The molecule has 1 unspecified atom stereocenters.